The van der Waals surface area contributed by atoms with Crippen LogP contribution in [0.3, 0.4) is 0 Å². The molecule has 0 spiro atoms. The fourth-order valence-electron chi connectivity index (χ4n) is 2.23. The number of nitrogens with one attached hydrogen (secondary N) is 1. The molecule has 1 fully saturated rings. The second kappa shape index (κ2) is 5.78. The van der Waals surface area contributed by atoms with Gasteiger partial charge in [-0.15, -0.1) is 0 Å². The molecule has 4 nitrogen and oxygen atoms in total. The highest BCUT2D eigenvalue weighted by Gasteiger charge is 2.44. The van der Waals surface area contributed by atoms with Crippen LogP contribution in [0.25, 0.3) is 0 Å². The standard InChI is InChI=1S/C13H16F3N3O/c1-9(13(14,15)16)12(20)19-6-5-18-8-11(19)10-3-2-4-17-7-10/h2-4,7,9,11,18H,5-6,8H2,1H3. The van der Waals surface area contributed by atoms with Gasteiger partial charge in [0.05, 0.1) is 6.04 Å². The lowest BCUT2D eigenvalue weighted by atomic mass is 10.0. The van der Waals surface area contributed by atoms with Crippen molar-refractivity contribution < 1.29 is 18.0 Å². The third-order valence-electron chi connectivity index (χ3n) is 3.46. The van der Waals surface area contributed by atoms with E-state index in [9.17, 15) is 18.0 Å². The molecule has 1 saturated heterocycles. The van der Waals surface area contributed by atoms with Crippen LogP contribution in [-0.4, -0.2) is 41.6 Å². The molecular formula is C13H16F3N3O. The van der Waals surface area contributed by atoms with Gasteiger partial charge in [-0.05, 0) is 18.6 Å². The van der Waals surface area contributed by atoms with Gasteiger partial charge < -0.3 is 10.2 Å². The highest BCUT2D eigenvalue weighted by Crippen LogP contribution is 2.31. The van der Waals surface area contributed by atoms with Crippen LogP contribution in [0.5, 0.6) is 0 Å². The molecule has 2 rings (SSSR count). The van der Waals surface area contributed by atoms with Gasteiger partial charge in [0.25, 0.3) is 0 Å². The molecule has 1 N–H and O–H groups in total. The number of piperazine rings is 1. The van der Waals surface area contributed by atoms with Crippen LogP contribution in [0.15, 0.2) is 24.5 Å². The minimum atomic E-state index is -4.51. The monoisotopic (exact) mass is 287 g/mol. The van der Waals surface area contributed by atoms with Crippen LogP contribution in [0, 0.1) is 5.92 Å². The summed E-state index contributed by atoms with van der Waals surface area (Å²) in [6.07, 6.45) is -1.35. The van der Waals surface area contributed by atoms with E-state index in [1.807, 2.05) is 0 Å². The van der Waals surface area contributed by atoms with E-state index in [0.717, 1.165) is 12.5 Å². The van der Waals surface area contributed by atoms with Crippen molar-refractivity contribution in [3.05, 3.63) is 30.1 Å². The number of halogens is 3. The van der Waals surface area contributed by atoms with E-state index in [1.54, 1.807) is 24.5 Å². The summed E-state index contributed by atoms with van der Waals surface area (Å²) in [5.74, 6) is -2.87. The quantitative estimate of drug-likeness (QED) is 0.901. The third kappa shape index (κ3) is 3.09. The van der Waals surface area contributed by atoms with Crippen molar-refractivity contribution in [3.8, 4) is 0 Å². The molecule has 0 saturated carbocycles. The Labute approximate surface area is 115 Å². The van der Waals surface area contributed by atoms with Crippen molar-refractivity contribution in [2.45, 2.75) is 19.1 Å². The summed E-state index contributed by atoms with van der Waals surface area (Å²) in [5, 5.41) is 3.09. The van der Waals surface area contributed by atoms with E-state index >= 15 is 0 Å². The molecule has 1 amide bonds. The summed E-state index contributed by atoms with van der Waals surface area (Å²) in [6, 6.07) is 3.07. The number of amides is 1. The summed E-state index contributed by atoms with van der Waals surface area (Å²) in [7, 11) is 0. The van der Waals surface area contributed by atoms with E-state index in [-0.39, 0.29) is 6.54 Å². The first-order chi connectivity index (χ1) is 9.41. The number of hydrogen-bond acceptors (Lipinski definition) is 3. The Morgan fingerprint density at radius 1 is 1.55 bits per heavy atom. The van der Waals surface area contributed by atoms with Crippen molar-refractivity contribution in [1.29, 1.82) is 0 Å². The molecule has 0 aliphatic carbocycles. The molecule has 1 aliphatic heterocycles. The molecule has 0 radical (unpaired) electrons. The number of alkyl halides is 3. The lowest BCUT2D eigenvalue weighted by Crippen LogP contribution is -2.52. The van der Waals surface area contributed by atoms with Crippen LogP contribution in [0.2, 0.25) is 0 Å². The maximum atomic E-state index is 12.7. The number of pyridine rings is 1. The molecule has 2 unspecified atom stereocenters. The van der Waals surface area contributed by atoms with Gasteiger partial charge in [0, 0.05) is 32.0 Å². The van der Waals surface area contributed by atoms with Crippen LogP contribution in [0.1, 0.15) is 18.5 Å². The lowest BCUT2D eigenvalue weighted by molar-refractivity contribution is -0.187. The average molecular weight is 287 g/mol. The van der Waals surface area contributed by atoms with Gasteiger partial charge in [-0.1, -0.05) is 6.07 Å². The van der Waals surface area contributed by atoms with Crippen molar-refractivity contribution in [2.24, 2.45) is 5.92 Å². The normalized spacial score (nSPS) is 21.6. The molecule has 1 aliphatic rings. The van der Waals surface area contributed by atoms with Gasteiger partial charge in [0.2, 0.25) is 5.91 Å². The Kier molecular flexibility index (Phi) is 4.27. The van der Waals surface area contributed by atoms with Gasteiger partial charge in [-0.2, -0.15) is 13.2 Å². The maximum Gasteiger partial charge on any atom is 0.400 e. The average Bonchev–Trinajstić information content (AvgIpc) is 2.45. The van der Waals surface area contributed by atoms with E-state index in [2.05, 4.69) is 10.3 Å². The smallest absolute Gasteiger partial charge is 0.333 e. The van der Waals surface area contributed by atoms with Gasteiger partial charge >= 0.3 is 6.18 Å². The molecule has 0 bridgehead atoms. The zero-order valence-electron chi connectivity index (χ0n) is 11.0. The van der Waals surface area contributed by atoms with Crippen molar-refractivity contribution in [3.63, 3.8) is 0 Å². The fourth-order valence-corrected chi connectivity index (χ4v) is 2.23. The zero-order chi connectivity index (χ0) is 14.8. The topological polar surface area (TPSA) is 45.2 Å². The molecule has 1 aromatic rings. The van der Waals surface area contributed by atoms with E-state index in [0.29, 0.717) is 13.1 Å². The molecule has 20 heavy (non-hydrogen) atoms. The minimum absolute atomic E-state index is 0.263. The minimum Gasteiger partial charge on any atom is -0.333 e. The zero-order valence-corrected chi connectivity index (χ0v) is 11.0. The van der Waals surface area contributed by atoms with Crippen LogP contribution in [-0.2, 0) is 4.79 Å². The number of nitrogens with zero attached hydrogens (tertiary/aromatic N) is 2. The number of carbonyl (C=O) groups is 1. The number of carbonyl (C=O) groups excluding carboxylic acids is 1. The molecule has 110 valence electrons. The van der Waals surface area contributed by atoms with E-state index in [4.69, 9.17) is 0 Å². The van der Waals surface area contributed by atoms with Crippen LogP contribution in [0.4, 0.5) is 13.2 Å². The first kappa shape index (κ1) is 14.8. The Balaban J connectivity index is 2.21. The molecule has 0 aromatic carbocycles. The summed E-state index contributed by atoms with van der Waals surface area (Å²) in [4.78, 5) is 17.3. The predicted octanol–water partition coefficient (Wildman–Crippen LogP) is 1.75. The number of rotatable bonds is 2. The molecular weight excluding hydrogens is 271 g/mol. The SMILES string of the molecule is CC(C(=O)N1CCNCC1c1cccnc1)C(F)(F)F. The van der Waals surface area contributed by atoms with Crippen molar-refractivity contribution in [1.82, 2.24) is 15.2 Å². The number of hydrogen-bond donors (Lipinski definition) is 1. The fraction of sp³-hybridized carbons (Fsp3) is 0.538. The predicted molar refractivity (Wildman–Crippen MR) is 66.8 cm³/mol. The molecule has 2 atom stereocenters. The first-order valence-electron chi connectivity index (χ1n) is 6.39. The van der Waals surface area contributed by atoms with Crippen LogP contribution < -0.4 is 5.32 Å². The Hall–Kier alpha value is -1.63. The van der Waals surface area contributed by atoms with Crippen molar-refractivity contribution >= 4 is 5.91 Å². The van der Waals surface area contributed by atoms with Gasteiger partial charge in [-0.25, -0.2) is 0 Å². The Morgan fingerprint density at radius 2 is 2.30 bits per heavy atom. The summed E-state index contributed by atoms with van der Waals surface area (Å²) >= 11 is 0. The van der Waals surface area contributed by atoms with Gasteiger partial charge in [0.15, 0.2) is 0 Å². The molecule has 7 heteroatoms. The van der Waals surface area contributed by atoms with E-state index < -0.39 is 24.0 Å². The maximum absolute atomic E-state index is 12.7. The lowest BCUT2D eigenvalue weighted by Gasteiger charge is -2.38. The second-order valence-electron chi connectivity index (χ2n) is 4.80. The number of aromatic nitrogens is 1. The van der Waals surface area contributed by atoms with Gasteiger partial charge in [0.1, 0.15) is 5.92 Å². The highest BCUT2D eigenvalue weighted by molar-refractivity contribution is 5.80. The van der Waals surface area contributed by atoms with E-state index in [1.165, 1.54) is 4.90 Å². The summed E-state index contributed by atoms with van der Waals surface area (Å²) in [5.41, 5.74) is 0.738. The Bertz CT molecular complexity index is 464. The van der Waals surface area contributed by atoms with Gasteiger partial charge in [-0.3, -0.25) is 9.78 Å². The third-order valence-corrected chi connectivity index (χ3v) is 3.46. The first-order valence-corrected chi connectivity index (χ1v) is 6.39. The largest absolute Gasteiger partial charge is 0.400 e. The van der Waals surface area contributed by atoms with Crippen molar-refractivity contribution in [2.75, 3.05) is 19.6 Å². The van der Waals surface area contributed by atoms with Crippen LogP contribution >= 0.6 is 0 Å². The summed E-state index contributed by atoms with van der Waals surface area (Å²) < 4.78 is 38.1. The molecule has 2 heterocycles. The second-order valence-corrected chi connectivity index (χ2v) is 4.80. The highest BCUT2D eigenvalue weighted by atomic mass is 19.4. The molecule has 1 aromatic heterocycles. The Morgan fingerprint density at radius 3 is 2.90 bits per heavy atom. The summed E-state index contributed by atoms with van der Waals surface area (Å²) in [6.45, 7) is 2.10.